The summed E-state index contributed by atoms with van der Waals surface area (Å²) in [4.78, 5) is 12.6. The van der Waals surface area contributed by atoms with Crippen LogP contribution in [0, 0.1) is 0 Å². The molecule has 0 rings (SSSR count). The van der Waals surface area contributed by atoms with E-state index in [9.17, 15) is 25.2 Å². The fourth-order valence-corrected chi connectivity index (χ4v) is 9.38. The number of aliphatic hydroxyl groups excluding tert-OH is 4. The molecule has 0 fully saturated rings. The normalized spacial score (nSPS) is 13.9. The maximum absolute atomic E-state index is 12.6. The molecule has 396 valence electrons. The van der Waals surface area contributed by atoms with Crippen LogP contribution in [0.25, 0.3) is 0 Å². The molecule has 0 aromatic heterocycles. The van der Waals surface area contributed by atoms with Gasteiger partial charge in [-0.05, 0) is 64.2 Å². The van der Waals surface area contributed by atoms with Crippen molar-refractivity contribution < 1.29 is 25.2 Å². The van der Waals surface area contributed by atoms with Gasteiger partial charge in [-0.1, -0.05) is 288 Å². The van der Waals surface area contributed by atoms with Crippen LogP contribution in [0.15, 0.2) is 36.5 Å². The molecule has 4 unspecified atom stereocenters. The van der Waals surface area contributed by atoms with Gasteiger partial charge in [-0.25, -0.2) is 0 Å². The number of hydrogen-bond acceptors (Lipinski definition) is 5. The molecule has 0 aliphatic carbocycles. The van der Waals surface area contributed by atoms with Crippen LogP contribution in [0.3, 0.4) is 0 Å². The molecule has 0 saturated heterocycles. The van der Waals surface area contributed by atoms with Crippen LogP contribution in [0.5, 0.6) is 0 Å². The largest absolute Gasteiger partial charge is 0.394 e. The maximum atomic E-state index is 12.6. The minimum absolute atomic E-state index is 0.362. The van der Waals surface area contributed by atoms with E-state index in [0.717, 1.165) is 51.4 Å². The molecule has 4 atom stereocenters. The summed E-state index contributed by atoms with van der Waals surface area (Å²) in [5.74, 6) is -0.594. The number of allylic oxidation sites excluding steroid dienone is 6. The fraction of sp³-hybridized carbons (Fsp3) is 0.885. The first-order chi connectivity index (χ1) is 33.0. The quantitative estimate of drug-likeness (QED) is 0.0308. The molecular weight excluding hydrogens is 827 g/mol. The van der Waals surface area contributed by atoms with Crippen molar-refractivity contribution in [1.29, 1.82) is 0 Å². The molecule has 6 nitrogen and oxygen atoms in total. The van der Waals surface area contributed by atoms with E-state index in [1.807, 2.05) is 0 Å². The summed E-state index contributed by atoms with van der Waals surface area (Å²) < 4.78 is 0. The fourth-order valence-electron chi connectivity index (χ4n) is 9.38. The molecule has 0 radical (unpaired) electrons. The van der Waals surface area contributed by atoms with Crippen LogP contribution in [0.1, 0.15) is 316 Å². The van der Waals surface area contributed by atoms with Crippen LogP contribution in [0.4, 0.5) is 0 Å². The van der Waals surface area contributed by atoms with Gasteiger partial charge in [-0.3, -0.25) is 4.79 Å². The molecule has 1 amide bonds. The van der Waals surface area contributed by atoms with Crippen molar-refractivity contribution in [3.05, 3.63) is 36.5 Å². The molecule has 0 aliphatic heterocycles. The van der Waals surface area contributed by atoms with Gasteiger partial charge in [0.05, 0.1) is 18.8 Å². The number of amides is 1. The highest BCUT2D eigenvalue weighted by Gasteiger charge is 2.28. The standard InChI is InChI=1S/C61H117NO5/c1-3-5-7-9-11-13-15-17-19-21-23-25-27-28-29-30-31-33-34-36-38-40-42-44-46-48-50-52-54-58(64)60(66)57(56-63)62-61(67)59(65)55-53-51-49-47-45-43-41-39-37-35-32-26-24-22-20-18-16-14-12-10-8-6-4-2/h31,33,38,40,46,48,57-60,63-66H,3-30,32,34-37,39,41-45,47,49-56H2,1-2H3,(H,62,67)/b33-31+,40-38+,48-46+. The Hall–Kier alpha value is -1.47. The number of unbranched alkanes of at least 4 members (excludes halogenated alkanes) is 40. The van der Waals surface area contributed by atoms with E-state index in [1.54, 1.807) is 0 Å². The lowest BCUT2D eigenvalue weighted by molar-refractivity contribution is -0.132. The van der Waals surface area contributed by atoms with E-state index >= 15 is 0 Å². The molecule has 0 saturated carbocycles. The van der Waals surface area contributed by atoms with Crippen molar-refractivity contribution in [2.45, 2.75) is 340 Å². The zero-order valence-electron chi connectivity index (χ0n) is 44.9. The number of hydrogen-bond donors (Lipinski definition) is 5. The second kappa shape index (κ2) is 55.5. The first-order valence-corrected chi connectivity index (χ1v) is 29.9. The lowest BCUT2D eigenvalue weighted by Crippen LogP contribution is -2.53. The first-order valence-electron chi connectivity index (χ1n) is 29.9. The van der Waals surface area contributed by atoms with E-state index in [0.29, 0.717) is 19.3 Å². The summed E-state index contributed by atoms with van der Waals surface area (Å²) in [5, 5.41) is 44.0. The molecule has 5 N–H and O–H groups in total. The number of aliphatic hydroxyl groups is 4. The summed E-state index contributed by atoms with van der Waals surface area (Å²) in [6.45, 7) is 4.08. The van der Waals surface area contributed by atoms with Crippen molar-refractivity contribution in [2.24, 2.45) is 0 Å². The van der Waals surface area contributed by atoms with E-state index in [-0.39, 0.29) is 0 Å². The van der Waals surface area contributed by atoms with Gasteiger partial charge in [0.2, 0.25) is 5.91 Å². The summed E-state index contributed by atoms with van der Waals surface area (Å²) >= 11 is 0. The lowest BCUT2D eigenvalue weighted by Gasteiger charge is -2.27. The number of nitrogens with one attached hydrogen (secondary N) is 1. The summed E-state index contributed by atoms with van der Waals surface area (Å²) in [6, 6.07) is -1.01. The van der Waals surface area contributed by atoms with Gasteiger partial charge in [0.25, 0.3) is 0 Å². The second-order valence-corrected chi connectivity index (χ2v) is 20.7. The minimum Gasteiger partial charge on any atom is -0.394 e. The van der Waals surface area contributed by atoms with Crippen LogP contribution in [-0.4, -0.2) is 57.3 Å². The molecule has 0 aliphatic rings. The van der Waals surface area contributed by atoms with E-state index in [2.05, 4.69) is 55.6 Å². The Morgan fingerprint density at radius 3 is 0.940 bits per heavy atom. The van der Waals surface area contributed by atoms with Crippen molar-refractivity contribution in [2.75, 3.05) is 6.61 Å². The molecule has 6 heteroatoms. The molecule has 67 heavy (non-hydrogen) atoms. The van der Waals surface area contributed by atoms with Gasteiger partial charge in [0.1, 0.15) is 12.2 Å². The Morgan fingerprint density at radius 2 is 0.627 bits per heavy atom. The van der Waals surface area contributed by atoms with Gasteiger partial charge >= 0.3 is 0 Å². The third kappa shape index (κ3) is 49.3. The van der Waals surface area contributed by atoms with E-state index in [1.165, 1.54) is 231 Å². The Morgan fingerprint density at radius 1 is 0.358 bits per heavy atom. The van der Waals surface area contributed by atoms with Gasteiger partial charge in [0.15, 0.2) is 0 Å². The maximum Gasteiger partial charge on any atom is 0.249 e. The van der Waals surface area contributed by atoms with E-state index < -0.39 is 36.9 Å². The molecular formula is C61H117NO5. The smallest absolute Gasteiger partial charge is 0.249 e. The summed E-state index contributed by atoms with van der Waals surface area (Å²) in [7, 11) is 0. The van der Waals surface area contributed by atoms with Crippen molar-refractivity contribution in [3.63, 3.8) is 0 Å². The average Bonchev–Trinajstić information content (AvgIpc) is 3.33. The van der Waals surface area contributed by atoms with Crippen LogP contribution in [0.2, 0.25) is 0 Å². The molecule has 0 aromatic rings. The van der Waals surface area contributed by atoms with Crippen molar-refractivity contribution in [3.8, 4) is 0 Å². The number of carbonyl (C=O) groups is 1. The molecule has 0 heterocycles. The molecule has 0 spiro atoms. The second-order valence-electron chi connectivity index (χ2n) is 20.7. The SMILES string of the molecule is CCCCCCCCCCCCCCCCC/C=C/CC/C=C/CC/C=C/CCCC(O)C(O)C(CO)NC(=O)C(O)CCCCCCCCCCCCCCCCCCCCCCCCC. The molecule has 0 aromatic carbocycles. The van der Waals surface area contributed by atoms with E-state index in [4.69, 9.17) is 0 Å². The molecule has 0 bridgehead atoms. The summed E-state index contributed by atoms with van der Waals surface area (Å²) in [5.41, 5.74) is 0. The zero-order chi connectivity index (χ0) is 48.8. The monoisotopic (exact) mass is 944 g/mol. The number of rotatable bonds is 55. The van der Waals surface area contributed by atoms with Crippen LogP contribution < -0.4 is 5.32 Å². The van der Waals surface area contributed by atoms with Gasteiger partial charge < -0.3 is 25.7 Å². The van der Waals surface area contributed by atoms with Crippen LogP contribution >= 0.6 is 0 Å². The predicted molar refractivity (Wildman–Crippen MR) is 293 cm³/mol. The lowest BCUT2D eigenvalue weighted by atomic mass is 10.00. The Balaban J connectivity index is 3.67. The Bertz CT molecular complexity index is 1060. The highest BCUT2D eigenvalue weighted by molar-refractivity contribution is 5.80. The highest BCUT2D eigenvalue weighted by atomic mass is 16.3. The van der Waals surface area contributed by atoms with Crippen LogP contribution in [-0.2, 0) is 4.79 Å². The zero-order valence-corrected chi connectivity index (χ0v) is 44.9. The first kappa shape index (κ1) is 65.5. The minimum atomic E-state index is -1.29. The van der Waals surface area contributed by atoms with Gasteiger partial charge in [0, 0.05) is 0 Å². The Kier molecular flexibility index (Phi) is 54.2. The Labute approximate surface area is 417 Å². The number of carbonyl (C=O) groups excluding carboxylic acids is 1. The predicted octanol–water partition coefficient (Wildman–Crippen LogP) is 17.6. The topological polar surface area (TPSA) is 110 Å². The van der Waals surface area contributed by atoms with Crippen molar-refractivity contribution >= 4 is 5.91 Å². The third-order valence-corrected chi connectivity index (χ3v) is 14.1. The third-order valence-electron chi connectivity index (χ3n) is 14.1. The van der Waals surface area contributed by atoms with Crippen molar-refractivity contribution in [1.82, 2.24) is 5.32 Å². The average molecular weight is 945 g/mol. The van der Waals surface area contributed by atoms with Gasteiger partial charge in [-0.2, -0.15) is 0 Å². The van der Waals surface area contributed by atoms with Gasteiger partial charge in [-0.15, -0.1) is 0 Å². The summed E-state index contributed by atoms with van der Waals surface area (Å²) in [6.07, 6.45) is 69.4. The highest BCUT2D eigenvalue weighted by Crippen LogP contribution is 2.18.